The number of aryl methyl sites for hydroxylation is 1. The van der Waals surface area contributed by atoms with Crippen molar-refractivity contribution in [2.45, 2.75) is 17.6 Å². The van der Waals surface area contributed by atoms with E-state index in [2.05, 4.69) is 9.97 Å². The summed E-state index contributed by atoms with van der Waals surface area (Å²) in [5, 5.41) is 0.0916. The van der Waals surface area contributed by atoms with E-state index in [9.17, 15) is 17.6 Å². The molecular formula is C16H13FN2O3S. The number of hydrogen-bond acceptors (Lipinski definition) is 4. The van der Waals surface area contributed by atoms with Gasteiger partial charge in [-0.05, 0) is 36.8 Å². The molecule has 0 aliphatic heterocycles. The molecule has 0 saturated carbocycles. The first kappa shape index (κ1) is 15.4. The van der Waals surface area contributed by atoms with E-state index in [-0.39, 0.29) is 21.6 Å². The third-order valence-electron chi connectivity index (χ3n) is 3.46. The lowest BCUT2D eigenvalue weighted by atomic mass is 10.1. The van der Waals surface area contributed by atoms with Crippen molar-refractivity contribution in [1.29, 1.82) is 0 Å². The number of nitrogens with one attached hydrogen (secondary N) is 1. The van der Waals surface area contributed by atoms with Gasteiger partial charge in [0.2, 0.25) is 0 Å². The lowest BCUT2D eigenvalue weighted by Crippen LogP contribution is -2.16. The van der Waals surface area contributed by atoms with Gasteiger partial charge in [-0.2, -0.15) is 0 Å². The molecule has 0 aliphatic carbocycles. The molecule has 3 aromatic rings. The zero-order chi connectivity index (χ0) is 16.6. The quantitative estimate of drug-likeness (QED) is 0.798. The maximum Gasteiger partial charge on any atom is 0.258 e. The number of sulfone groups is 1. The Morgan fingerprint density at radius 3 is 2.57 bits per heavy atom. The minimum atomic E-state index is -3.62. The SMILES string of the molecule is Cc1cc2nc(CS(=O)(=O)c3ccccc3)[nH]c(=O)c2cc1F. The van der Waals surface area contributed by atoms with Crippen LogP contribution in [0.1, 0.15) is 11.4 Å². The number of fused-ring (bicyclic) bond motifs is 1. The van der Waals surface area contributed by atoms with Gasteiger partial charge < -0.3 is 4.98 Å². The van der Waals surface area contributed by atoms with Gasteiger partial charge in [0, 0.05) is 0 Å². The molecule has 0 bridgehead atoms. The molecule has 0 amide bonds. The number of halogens is 1. The highest BCUT2D eigenvalue weighted by atomic mass is 32.2. The Balaban J connectivity index is 2.08. The Bertz CT molecular complexity index is 1040. The van der Waals surface area contributed by atoms with Crippen molar-refractivity contribution in [2.24, 2.45) is 0 Å². The number of hydrogen-bond donors (Lipinski definition) is 1. The van der Waals surface area contributed by atoms with Crippen LogP contribution in [0.15, 0.2) is 52.2 Å². The van der Waals surface area contributed by atoms with Gasteiger partial charge in [0.15, 0.2) is 9.84 Å². The molecule has 0 fully saturated rings. The highest BCUT2D eigenvalue weighted by Gasteiger charge is 2.17. The summed E-state index contributed by atoms with van der Waals surface area (Å²) in [7, 11) is -3.62. The normalized spacial score (nSPS) is 11.7. The monoisotopic (exact) mass is 332 g/mol. The largest absolute Gasteiger partial charge is 0.309 e. The van der Waals surface area contributed by atoms with Crippen molar-refractivity contribution in [2.75, 3.05) is 0 Å². The second kappa shape index (κ2) is 5.58. The highest BCUT2D eigenvalue weighted by Crippen LogP contribution is 2.17. The molecule has 0 radical (unpaired) electrons. The smallest absolute Gasteiger partial charge is 0.258 e. The fourth-order valence-corrected chi connectivity index (χ4v) is 3.51. The van der Waals surface area contributed by atoms with Crippen LogP contribution in [0.25, 0.3) is 10.9 Å². The van der Waals surface area contributed by atoms with Gasteiger partial charge in [-0.3, -0.25) is 4.79 Å². The Morgan fingerprint density at radius 2 is 1.87 bits per heavy atom. The van der Waals surface area contributed by atoms with Crippen LogP contribution in [0, 0.1) is 12.7 Å². The van der Waals surface area contributed by atoms with E-state index in [1.807, 2.05) is 0 Å². The predicted octanol–water partition coefficient (Wildman–Crippen LogP) is 2.34. The van der Waals surface area contributed by atoms with Crippen LogP contribution in [0.4, 0.5) is 4.39 Å². The van der Waals surface area contributed by atoms with Gasteiger partial charge in [0.05, 0.1) is 15.8 Å². The fraction of sp³-hybridized carbons (Fsp3) is 0.125. The summed E-state index contributed by atoms with van der Waals surface area (Å²) in [6, 6.07) is 10.4. The summed E-state index contributed by atoms with van der Waals surface area (Å²) in [5.74, 6) is -0.912. The van der Waals surface area contributed by atoms with E-state index in [4.69, 9.17) is 0 Å². The van der Waals surface area contributed by atoms with Gasteiger partial charge in [0.25, 0.3) is 5.56 Å². The maximum atomic E-state index is 13.5. The lowest BCUT2D eigenvalue weighted by Gasteiger charge is -2.06. The summed E-state index contributed by atoms with van der Waals surface area (Å²) in [5.41, 5.74) is 0.0468. The lowest BCUT2D eigenvalue weighted by molar-refractivity contribution is 0.593. The zero-order valence-corrected chi connectivity index (χ0v) is 13.0. The summed E-state index contributed by atoms with van der Waals surface area (Å²) >= 11 is 0. The Morgan fingerprint density at radius 1 is 1.17 bits per heavy atom. The van der Waals surface area contributed by atoms with Crippen LogP contribution in [-0.4, -0.2) is 18.4 Å². The van der Waals surface area contributed by atoms with E-state index in [0.717, 1.165) is 6.07 Å². The molecule has 0 unspecified atom stereocenters. The molecule has 2 aromatic carbocycles. The van der Waals surface area contributed by atoms with Crippen LogP contribution in [0.2, 0.25) is 0 Å². The Hall–Kier alpha value is -2.54. The second-order valence-electron chi connectivity index (χ2n) is 5.20. The van der Waals surface area contributed by atoms with Crippen molar-refractivity contribution < 1.29 is 12.8 Å². The maximum absolute atomic E-state index is 13.5. The number of nitrogens with zero attached hydrogens (tertiary/aromatic N) is 1. The molecular weight excluding hydrogens is 319 g/mol. The predicted molar refractivity (Wildman–Crippen MR) is 84.4 cm³/mol. The van der Waals surface area contributed by atoms with Crippen molar-refractivity contribution in [1.82, 2.24) is 9.97 Å². The van der Waals surface area contributed by atoms with Crippen LogP contribution >= 0.6 is 0 Å². The van der Waals surface area contributed by atoms with Crippen molar-refractivity contribution in [3.63, 3.8) is 0 Å². The Kier molecular flexibility index (Phi) is 3.73. The van der Waals surface area contributed by atoms with Gasteiger partial charge in [-0.1, -0.05) is 18.2 Å². The van der Waals surface area contributed by atoms with Crippen molar-refractivity contribution in [3.8, 4) is 0 Å². The van der Waals surface area contributed by atoms with E-state index >= 15 is 0 Å². The molecule has 0 aliphatic rings. The van der Waals surface area contributed by atoms with Gasteiger partial charge in [-0.25, -0.2) is 17.8 Å². The van der Waals surface area contributed by atoms with E-state index in [0.29, 0.717) is 5.56 Å². The van der Waals surface area contributed by atoms with E-state index < -0.39 is 27.0 Å². The van der Waals surface area contributed by atoms with Crippen molar-refractivity contribution >= 4 is 20.7 Å². The summed E-state index contributed by atoms with van der Waals surface area (Å²) < 4.78 is 38.2. The summed E-state index contributed by atoms with van der Waals surface area (Å²) in [6.45, 7) is 1.55. The van der Waals surface area contributed by atoms with Gasteiger partial charge in [0.1, 0.15) is 17.4 Å². The summed E-state index contributed by atoms with van der Waals surface area (Å²) in [6.07, 6.45) is 0. The molecule has 1 heterocycles. The van der Waals surface area contributed by atoms with Crippen LogP contribution in [0.5, 0.6) is 0 Å². The first-order valence-corrected chi connectivity index (χ1v) is 8.49. The van der Waals surface area contributed by atoms with Crippen LogP contribution in [0.3, 0.4) is 0 Å². The fourth-order valence-electron chi connectivity index (χ4n) is 2.27. The number of aromatic amines is 1. The third kappa shape index (κ3) is 3.00. The molecule has 0 spiro atoms. The molecule has 118 valence electrons. The average molecular weight is 332 g/mol. The number of H-pyrrole nitrogens is 1. The number of benzene rings is 2. The number of aromatic nitrogens is 2. The molecule has 0 saturated heterocycles. The molecule has 1 N–H and O–H groups in total. The number of rotatable bonds is 3. The minimum absolute atomic E-state index is 0.0253. The van der Waals surface area contributed by atoms with Gasteiger partial charge in [-0.15, -0.1) is 0 Å². The van der Waals surface area contributed by atoms with Gasteiger partial charge >= 0.3 is 0 Å². The second-order valence-corrected chi connectivity index (χ2v) is 7.19. The standard InChI is InChI=1S/C16H13FN2O3S/c1-10-7-14-12(8-13(10)17)16(20)19-15(18-14)9-23(21,22)11-5-3-2-4-6-11/h2-8H,9H2,1H3,(H,18,19,20). The average Bonchev–Trinajstić information content (AvgIpc) is 2.50. The van der Waals surface area contributed by atoms with Crippen LogP contribution in [-0.2, 0) is 15.6 Å². The van der Waals surface area contributed by atoms with E-state index in [1.165, 1.54) is 18.2 Å². The third-order valence-corrected chi connectivity index (χ3v) is 5.11. The summed E-state index contributed by atoms with van der Waals surface area (Å²) in [4.78, 5) is 18.7. The molecule has 7 heteroatoms. The topological polar surface area (TPSA) is 79.9 Å². The molecule has 0 atom stereocenters. The molecule has 23 heavy (non-hydrogen) atoms. The molecule has 1 aromatic heterocycles. The van der Waals surface area contributed by atoms with E-state index in [1.54, 1.807) is 25.1 Å². The molecule has 5 nitrogen and oxygen atoms in total. The zero-order valence-electron chi connectivity index (χ0n) is 12.2. The van der Waals surface area contributed by atoms with Crippen molar-refractivity contribution in [3.05, 3.63) is 70.0 Å². The minimum Gasteiger partial charge on any atom is -0.309 e. The highest BCUT2D eigenvalue weighted by molar-refractivity contribution is 7.90. The first-order chi connectivity index (χ1) is 10.9. The Labute approximate surface area is 131 Å². The van der Waals surface area contributed by atoms with Crippen LogP contribution < -0.4 is 5.56 Å². The first-order valence-electron chi connectivity index (χ1n) is 6.84. The molecule has 3 rings (SSSR count).